The Hall–Kier alpha value is -1.81. The zero-order chi connectivity index (χ0) is 11.4. The Bertz CT molecular complexity index is 439. The number of rotatable bonds is 4. The third kappa shape index (κ3) is 2.23. The normalized spacial score (nSPS) is 12.6. The molecule has 3 N–H and O–H groups in total. The second kappa shape index (κ2) is 4.81. The van der Waals surface area contributed by atoms with Crippen LogP contribution in [0, 0.1) is 0 Å². The minimum absolute atomic E-state index is 0.0844. The standard InChI is InChI=1S/C12H15N3O/c13-8-10(9-15-7-3-6-14-15)11-4-1-2-5-12(11)16/h1-7,10,16H,8-9,13H2. The van der Waals surface area contributed by atoms with Crippen molar-refractivity contribution < 1.29 is 5.11 Å². The van der Waals surface area contributed by atoms with Gasteiger partial charge in [-0.05, 0) is 12.1 Å². The van der Waals surface area contributed by atoms with Gasteiger partial charge in [0.15, 0.2) is 0 Å². The minimum Gasteiger partial charge on any atom is -0.508 e. The van der Waals surface area contributed by atoms with Gasteiger partial charge in [-0.2, -0.15) is 5.10 Å². The Morgan fingerprint density at radius 2 is 2.12 bits per heavy atom. The fourth-order valence-electron chi connectivity index (χ4n) is 1.77. The molecule has 0 saturated carbocycles. The number of hydrogen-bond donors (Lipinski definition) is 2. The molecule has 0 saturated heterocycles. The SMILES string of the molecule is NCC(Cn1cccn1)c1ccccc1O. The summed E-state index contributed by atoms with van der Waals surface area (Å²) in [5.74, 6) is 0.381. The van der Waals surface area contributed by atoms with Crippen LogP contribution >= 0.6 is 0 Å². The second-order valence-electron chi connectivity index (χ2n) is 3.72. The van der Waals surface area contributed by atoms with Crippen molar-refractivity contribution in [3.63, 3.8) is 0 Å². The maximum absolute atomic E-state index is 9.76. The molecular weight excluding hydrogens is 202 g/mol. The van der Waals surface area contributed by atoms with Crippen LogP contribution in [-0.4, -0.2) is 21.4 Å². The first-order valence-corrected chi connectivity index (χ1v) is 5.26. The van der Waals surface area contributed by atoms with Crippen LogP contribution in [0.3, 0.4) is 0 Å². The molecule has 0 aliphatic rings. The maximum Gasteiger partial charge on any atom is 0.119 e. The molecule has 0 fully saturated rings. The van der Waals surface area contributed by atoms with E-state index in [9.17, 15) is 5.11 Å². The van der Waals surface area contributed by atoms with Gasteiger partial charge >= 0.3 is 0 Å². The molecule has 2 aromatic rings. The van der Waals surface area contributed by atoms with Crippen LogP contribution in [-0.2, 0) is 6.54 Å². The summed E-state index contributed by atoms with van der Waals surface area (Å²) in [5.41, 5.74) is 6.61. The fourth-order valence-corrected chi connectivity index (χ4v) is 1.77. The summed E-state index contributed by atoms with van der Waals surface area (Å²) >= 11 is 0. The molecule has 0 spiro atoms. The third-order valence-corrected chi connectivity index (χ3v) is 2.63. The molecular formula is C12H15N3O. The van der Waals surface area contributed by atoms with E-state index in [1.165, 1.54) is 0 Å². The molecule has 84 valence electrons. The number of benzene rings is 1. The Balaban J connectivity index is 2.20. The summed E-state index contributed by atoms with van der Waals surface area (Å²) in [4.78, 5) is 0. The van der Waals surface area contributed by atoms with Crippen LogP contribution in [0.25, 0.3) is 0 Å². The largest absolute Gasteiger partial charge is 0.508 e. The first-order valence-electron chi connectivity index (χ1n) is 5.26. The van der Waals surface area contributed by atoms with E-state index < -0.39 is 0 Å². The highest BCUT2D eigenvalue weighted by atomic mass is 16.3. The summed E-state index contributed by atoms with van der Waals surface area (Å²) in [6.45, 7) is 1.17. The number of nitrogens with two attached hydrogens (primary N) is 1. The Morgan fingerprint density at radius 3 is 2.75 bits per heavy atom. The zero-order valence-corrected chi connectivity index (χ0v) is 8.95. The monoisotopic (exact) mass is 217 g/mol. The lowest BCUT2D eigenvalue weighted by molar-refractivity contribution is 0.447. The van der Waals surface area contributed by atoms with Gasteiger partial charge in [-0.1, -0.05) is 18.2 Å². The fraction of sp³-hybridized carbons (Fsp3) is 0.250. The van der Waals surface area contributed by atoms with Crippen molar-refractivity contribution in [2.24, 2.45) is 5.73 Å². The van der Waals surface area contributed by atoms with E-state index in [2.05, 4.69) is 5.10 Å². The smallest absolute Gasteiger partial charge is 0.119 e. The van der Waals surface area contributed by atoms with Crippen molar-refractivity contribution >= 4 is 0 Å². The molecule has 1 unspecified atom stereocenters. The topological polar surface area (TPSA) is 64.1 Å². The highest BCUT2D eigenvalue weighted by Crippen LogP contribution is 2.25. The van der Waals surface area contributed by atoms with Gasteiger partial charge in [0, 0.05) is 37.0 Å². The number of aromatic nitrogens is 2. The molecule has 4 nitrogen and oxygen atoms in total. The van der Waals surface area contributed by atoms with Gasteiger partial charge in [-0.25, -0.2) is 0 Å². The number of para-hydroxylation sites is 1. The van der Waals surface area contributed by atoms with Gasteiger partial charge in [-0.3, -0.25) is 4.68 Å². The van der Waals surface area contributed by atoms with Crippen LogP contribution in [0.5, 0.6) is 5.75 Å². The lowest BCUT2D eigenvalue weighted by atomic mass is 9.98. The van der Waals surface area contributed by atoms with E-state index in [1.54, 1.807) is 18.3 Å². The van der Waals surface area contributed by atoms with E-state index in [0.29, 0.717) is 18.8 Å². The Morgan fingerprint density at radius 1 is 1.31 bits per heavy atom. The molecule has 1 heterocycles. The van der Waals surface area contributed by atoms with Crippen LogP contribution in [0.4, 0.5) is 0 Å². The average molecular weight is 217 g/mol. The molecule has 0 radical (unpaired) electrons. The Kier molecular flexibility index (Phi) is 3.22. The van der Waals surface area contributed by atoms with Gasteiger partial charge in [0.1, 0.15) is 5.75 Å². The number of phenolic OH excluding ortho intramolecular Hbond substituents is 1. The van der Waals surface area contributed by atoms with Gasteiger partial charge in [-0.15, -0.1) is 0 Å². The van der Waals surface area contributed by atoms with Crippen molar-refractivity contribution in [3.8, 4) is 5.75 Å². The van der Waals surface area contributed by atoms with Crippen molar-refractivity contribution in [1.29, 1.82) is 0 Å². The summed E-state index contributed by atoms with van der Waals surface area (Å²) < 4.78 is 1.82. The molecule has 0 aliphatic heterocycles. The van der Waals surface area contributed by atoms with Crippen LogP contribution in [0.1, 0.15) is 11.5 Å². The third-order valence-electron chi connectivity index (χ3n) is 2.63. The van der Waals surface area contributed by atoms with Crippen LogP contribution in [0.2, 0.25) is 0 Å². The van der Waals surface area contributed by atoms with E-state index >= 15 is 0 Å². The molecule has 0 bridgehead atoms. The van der Waals surface area contributed by atoms with Crippen LogP contribution < -0.4 is 5.73 Å². The van der Waals surface area contributed by atoms with Crippen molar-refractivity contribution in [1.82, 2.24) is 9.78 Å². The van der Waals surface area contributed by atoms with Gasteiger partial charge in [0.25, 0.3) is 0 Å². The molecule has 4 heteroatoms. The van der Waals surface area contributed by atoms with Gasteiger partial charge in [0.05, 0.1) is 0 Å². The highest BCUT2D eigenvalue weighted by Gasteiger charge is 2.13. The zero-order valence-electron chi connectivity index (χ0n) is 8.95. The molecule has 1 aromatic carbocycles. The summed E-state index contributed by atoms with van der Waals surface area (Å²) in [7, 11) is 0. The highest BCUT2D eigenvalue weighted by molar-refractivity contribution is 5.35. The minimum atomic E-state index is 0.0844. The quantitative estimate of drug-likeness (QED) is 0.812. The maximum atomic E-state index is 9.76. The van der Waals surface area contributed by atoms with E-state index in [1.807, 2.05) is 29.1 Å². The number of hydrogen-bond acceptors (Lipinski definition) is 3. The average Bonchev–Trinajstić information content (AvgIpc) is 2.80. The predicted octanol–water partition coefficient (Wildman–Crippen LogP) is 1.33. The van der Waals surface area contributed by atoms with E-state index in [0.717, 1.165) is 5.56 Å². The molecule has 1 atom stereocenters. The van der Waals surface area contributed by atoms with E-state index in [-0.39, 0.29) is 5.92 Å². The summed E-state index contributed by atoms with van der Waals surface area (Å²) in [6, 6.07) is 9.16. The first kappa shape index (κ1) is 10.7. The lowest BCUT2D eigenvalue weighted by Crippen LogP contribution is -2.18. The second-order valence-corrected chi connectivity index (χ2v) is 3.72. The van der Waals surface area contributed by atoms with Gasteiger partial charge < -0.3 is 10.8 Å². The number of aromatic hydroxyl groups is 1. The van der Waals surface area contributed by atoms with E-state index in [4.69, 9.17) is 5.73 Å². The summed E-state index contributed by atoms with van der Waals surface area (Å²) in [5, 5.41) is 13.9. The van der Waals surface area contributed by atoms with Crippen molar-refractivity contribution in [2.45, 2.75) is 12.5 Å². The number of nitrogens with zero attached hydrogens (tertiary/aromatic N) is 2. The predicted molar refractivity (Wildman–Crippen MR) is 62.1 cm³/mol. The van der Waals surface area contributed by atoms with Crippen LogP contribution in [0.15, 0.2) is 42.7 Å². The molecule has 0 amide bonds. The summed E-state index contributed by atoms with van der Waals surface area (Å²) in [6.07, 6.45) is 3.63. The van der Waals surface area contributed by atoms with Crippen molar-refractivity contribution in [3.05, 3.63) is 48.3 Å². The lowest BCUT2D eigenvalue weighted by Gasteiger charge is -2.16. The molecule has 2 rings (SSSR count). The molecule has 16 heavy (non-hydrogen) atoms. The number of phenols is 1. The van der Waals surface area contributed by atoms with Gasteiger partial charge in [0.2, 0.25) is 0 Å². The molecule has 1 aromatic heterocycles. The van der Waals surface area contributed by atoms with Crippen molar-refractivity contribution in [2.75, 3.05) is 6.54 Å². The Labute approximate surface area is 94.3 Å². The molecule has 0 aliphatic carbocycles. The first-order chi connectivity index (χ1) is 7.81.